The Morgan fingerprint density at radius 1 is 1.00 bits per heavy atom. The number of hydrogen-bond acceptors (Lipinski definition) is 3. The van der Waals surface area contributed by atoms with Gasteiger partial charge >= 0.3 is 6.18 Å². The number of aromatic amines is 1. The predicted octanol–water partition coefficient (Wildman–Crippen LogP) is 4.07. The first-order valence-corrected chi connectivity index (χ1v) is 9.75. The highest BCUT2D eigenvalue weighted by Gasteiger charge is 2.28. The zero-order chi connectivity index (χ0) is 21.1. The summed E-state index contributed by atoms with van der Waals surface area (Å²) in [5.41, 5.74) is 2.40. The van der Waals surface area contributed by atoms with E-state index in [1.165, 1.54) is 6.07 Å². The van der Waals surface area contributed by atoms with Crippen LogP contribution in [0.1, 0.15) is 16.1 Å². The van der Waals surface area contributed by atoms with Gasteiger partial charge < -0.3 is 14.6 Å². The Balaban J connectivity index is 1.32. The maximum atomic E-state index is 12.8. The molecule has 0 atom stereocenters. The summed E-state index contributed by atoms with van der Waals surface area (Å²) in [6, 6.07) is 16.3. The molecule has 4 rings (SSSR count). The van der Waals surface area contributed by atoms with E-state index in [1.54, 1.807) is 12.1 Å². The highest BCUT2D eigenvalue weighted by atomic mass is 19.4. The van der Waals surface area contributed by atoms with Gasteiger partial charge in [0.15, 0.2) is 6.61 Å². The van der Waals surface area contributed by atoms with Gasteiger partial charge in [-0.15, -0.1) is 0 Å². The number of para-hydroxylation sites is 1. The van der Waals surface area contributed by atoms with Gasteiger partial charge in [-0.05, 0) is 29.8 Å². The van der Waals surface area contributed by atoms with Crippen LogP contribution in [0.25, 0.3) is 10.9 Å². The van der Waals surface area contributed by atoms with Crippen LogP contribution in [0.3, 0.4) is 0 Å². The van der Waals surface area contributed by atoms with E-state index >= 15 is 0 Å². The number of hydrogen-bond donors (Lipinski definition) is 1. The highest BCUT2D eigenvalue weighted by Crippen LogP contribution is 2.21. The first-order chi connectivity index (χ1) is 14.4. The molecule has 1 N–H and O–H groups in total. The van der Waals surface area contributed by atoms with Crippen molar-refractivity contribution in [3.63, 3.8) is 0 Å². The Morgan fingerprint density at radius 3 is 2.50 bits per heavy atom. The number of halogens is 3. The van der Waals surface area contributed by atoms with Crippen molar-refractivity contribution in [1.82, 2.24) is 14.8 Å². The molecule has 1 amide bonds. The summed E-state index contributed by atoms with van der Waals surface area (Å²) in [5.74, 6) is 0.186. The molecule has 1 aliphatic heterocycles. The molecular formula is C22H22F3N3O2. The van der Waals surface area contributed by atoms with E-state index in [4.69, 9.17) is 4.74 Å². The second-order valence-electron chi connectivity index (χ2n) is 7.39. The topological polar surface area (TPSA) is 48.6 Å². The highest BCUT2D eigenvalue weighted by molar-refractivity contribution is 5.98. The van der Waals surface area contributed by atoms with Crippen LogP contribution in [-0.4, -0.2) is 59.7 Å². The number of carbonyl (C=O) groups excluding carboxylic acids is 1. The van der Waals surface area contributed by atoms with Crippen LogP contribution in [0.15, 0.2) is 54.6 Å². The molecule has 0 unspecified atom stereocenters. The van der Waals surface area contributed by atoms with Crippen LogP contribution >= 0.6 is 0 Å². The molecule has 0 saturated carbocycles. The smallest absolute Gasteiger partial charge is 0.422 e. The number of nitrogens with one attached hydrogen (secondary N) is 1. The van der Waals surface area contributed by atoms with Gasteiger partial charge in [-0.3, -0.25) is 9.69 Å². The molecule has 0 aliphatic carbocycles. The third kappa shape index (κ3) is 4.94. The van der Waals surface area contributed by atoms with Gasteiger partial charge in [0.25, 0.3) is 5.91 Å². The molecular weight excluding hydrogens is 395 g/mol. The van der Waals surface area contributed by atoms with Crippen molar-refractivity contribution in [1.29, 1.82) is 0 Å². The van der Waals surface area contributed by atoms with Gasteiger partial charge in [0.05, 0.1) is 0 Å². The molecule has 30 heavy (non-hydrogen) atoms. The lowest BCUT2D eigenvalue weighted by Gasteiger charge is -2.34. The van der Waals surface area contributed by atoms with E-state index in [1.807, 2.05) is 41.3 Å². The van der Waals surface area contributed by atoms with Crippen LogP contribution < -0.4 is 4.74 Å². The minimum atomic E-state index is -4.36. The fourth-order valence-corrected chi connectivity index (χ4v) is 3.62. The summed E-state index contributed by atoms with van der Waals surface area (Å²) < 4.78 is 41.8. The lowest BCUT2D eigenvalue weighted by molar-refractivity contribution is -0.153. The van der Waals surface area contributed by atoms with Gasteiger partial charge in [0.1, 0.15) is 11.4 Å². The minimum absolute atomic E-state index is 0.0200. The monoisotopic (exact) mass is 417 g/mol. The largest absolute Gasteiger partial charge is 0.484 e. The molecule has 1 aliphatic rings. The van der Waals surface area contributed by atoms with Gasteiger partial charge in [0, 0.05) is 43.6 Å². The number of ether oxygens (including phenoxy) is 1. The fraction of sp³-hybridized carbons (Fsp3) is 0.318. The van der Waals surface area contributed by atoms with E-state index in [0.29, 0.717) is 38.4 Å². The number of rotatable bonds is 5. The third-order valence-electron chi connectivity index (χ3n) is 5.13. The van der Waals surface area contributed by atoms with Gasteiger partial charge in [0.2, 0.25) is 0 Å². The minimum Gasteiger partial charge on any atom is -0.484 e. The van der Waals surface area contributed by atoms with Crippen molar-refractivity contribution in [3.05, 3.63) is 65.9 Å². The predicted molar refractivity (Wildman–Crippen MR) is 107 cm³/mol. The standard InChI is InChI=1S/C22H22F3N3O2/c23-22(24,25)15-30-18-6-3-4-16(12-18)14-27-8-10-28(11-9-27)21(29)20-13-17-5-1-2-7-19(17)26-20/h1-7,12-13,26H,8-11,14-15H2. The number of alkyl halides is 3. The molecule has 158 valence electrons. The van der Waals surface area contributed by atoms with E-state index in [9.17, 15) is 18.0 Å². The van der Waals surface area contributed by atoms with Gasteiger partial charge in [-0.25, -0.2) is 0 Å². The van der Waals surface area contributed by atoms with Crippen molar-refractivity contribution in [2.45, 2.75) is 12.7 Å². The van der Waals surface area contributed by atoms with Crippen LogP contribution in [0.4, 0.5) is 13.2 Å². The van der Waals surface area contributed by atoms with Crippen LogP contribution in [-0.2, 0) is 6.54 Å². The number of aromatic nitrogens is 1. The SMILES string of the molecule is O=C(c1cc2ccccc2[nH]1)N1CCN(Cc2cccc(OCC(F)(F)F)c2)CC1. The van der Waals surface area contributed by atoms with E-state index in [0.717, 1.165) is 16.5 Å². The number of nitrogens with zero attached hydrogens (tertiary/aromatic N) is 2. The summed E-state index contributed by atoms with van der Waals surface area (Å²) in [5, 5.41) is 1.01. The zero-order valence-electron chi connectivity index (χ0n) is 16.3. The van der Waals surface area contributed by atoms with E-state index in [2.05, 4.69) is 9.88 Å². The molecule has 3 aromatic rings. The van der Waals surface area contributed by atoms with Crippen molar-refractivity contribution in [3.8, 4) is 5.75 Å². The summed E-state index contributed by atoms with van der Waals surface area (Å²) in [7, 11) is 0. The zero-order valence-corrected chi connectivity index (χ0v) is 16.3. The Morgan fingerprint density at radius 2 is 1.77 bits per heavy atom. The summed E-state index contributed by atoms with van der Waals surface area (Å²) in [4.78, 5) is 20.0. The quantitative estimate of drug-likeness (QED) is 0.681. The Labute approximate surface area is 172 Å². The Bertz CT molecular complexity index is 991. The average molecular weight is 417 g/mol. The number of carbonyl (C=O) groups is 1. The summed E-state index contributed by atoms with van der Waals surface area (Å²) >= 11 is 0. The molecule has 0 radical (unpaired) electrons. The molecule has 1 saturated heterocycles. The van der Waals surface area contributed by atoms with Crippen molar-refractivity contribution in [2.75, 3.05) is 32.8 Å². The van der Waals surface area contributed by atoms with Gasteiger partial charge in [-0.2, -0.15) is 13.2 Å². The summed E-state index contributed by atoms with van der Waals surface area (Å²) in [6.07, 6.45) is -4.36. The number of amides is 1. The molecule has 2 heterocycles. The second kappa shape index (κ2) is 8.39. The Hall–Kier alpha value is -3.00. The van der Waals surface area contributed by atoms with E-state index < -0.39 is 12.8 Å². The van der Waals surface area contributed by atoms with Crippen LogP contribution in [0.2, 0.25) is 0 Å². The molecule has 5 nitrogen and oxygen atoms in total. The molecule has 1 fully saturated rings. The van der Waals surface area contributed by atoms with Crippen molar-refractivity contribution >= 4 is 16.8 Å². The Kier molecular flexibility index (Phi) is 5.67. The number of fused-ring (bicyclic) bond motifs is 1. The first kappa shape index (κ1) is 20.3. The fourth-order valence-electron chi connectivity index (χ4n) is 3.62. The van der Waals surface area contributed by atoms with Crippen molar-refractivity contribution < 1.29 is 22.7 Å². The number of piperazine rings is 1. The molecule has 2 aromatic carbocycles. The van der Waals surface area contributed by atoms with Crippen LogP contribution in [0, 0.1) is 0 Å². The average Bonchev–Trinajstić information content (AvgIpc) is 3.16. The van der Waals surface area contributed by atoms with Crippen LogP contribution in [0.5, 0.6) is 5.75 Å². The second-order valence-corrected chi connectivity index (χ2v) is 7.39. The lowest BCUT2D eigenvalue weighted by Crippen LogP contribution is -2.48. The first-order valence-electron chi connectivity index (χ1n) is 9.75. The normalized spacial score (nSPS) is 15.5. The molecule has 0 spiro atoms. The molecule has 8 heteroatoms. The number of H-pyrrole nitrogens is 1. The third-order valence-corrected chi connectivity index (χ3v) is 5.13. The summed E-state index contributed by atoms with van der Waals surface area (Å²) in [6.45, 7) is 1.87. The van der Waals surface area contributed by atoms with Crippen molar-refractivity contribution in [2.24, 2.45) is 0 Å². The lowest BCUT2D eigenvalue weighted by atomic mass is 10.2. The van der Waals surface area contributed by atoms with Gasteiger partial charge in [-0.1, -0.05) is 30.3 Å². The maximum absolute atomic E-state index is 12.8. The molecule has 0 bridgehead atoms. The van der Waals surface area contributed by atoms with E-state index in [-0.39, 0.29) is 11.7 Å². The molecule has 1 aromatic heterocycles. The number of benzene rings is 2. The maximum Gasteiger partial charge on any atom is 0.422 e.